The van der Waals surface area contributed by atoms with Gasteiger partial charge in [0.15, 0.2) is 0 Å². The van der Waals surface area contributed by atoms with Crippen molar-refractivity contribution >= 4 is 16.9 Å². The minimum absolute atomic E-state index is 0.0491. The molecule has 0 saturated carbocycles. The van der Waals surface area contributed by atoms with Crippen LogP contribution in [-0.2, 0) is 6.61 Å². The molecule has 2 heterocycles. The lowest BCUT2D eigenvalue weighted by molar-refractivity contribution is 0.0635. The number of nitrogens with zero attached hydrogens (tertiary/aromatic N) is 2. The molecule has 1 atom stereocenters. The highest BCUT2D eigenvalue weighted by atomic mass is 16.5. The summed E-state index contributed by atoms with van der Waals surface area (Å²) < 4.78 is 11.9. The fourth-order valence-electron chi connectivity index (χ4n) is 4.01. The van der Waals surface area contributed by atoms with Crippen molar-refractivity contribution in [3.8, 4) is 5.75 Å². The Morgan fingerprint density at radius 2 is 2.00 bits per heavy atom. The van der Waals surface area contributed by atoms with Gasteiger partial charge in [-0.05, 0) is 57.6 Å². The number of likely N-dealkylation sites (N-methyl/N-ethyl adjacent to an activating group) is 1. The molecule has 0 radical (unpaired) electrons. The summed E-state index contributed by atoms with van der Waals surface area (Å²) in [5.41, 5.74) is 2.49. The number of fused-ring (bicyclic) bond motifs is 1. The number of ether oxygens (including phenoxy) is 1. The van der Waals surface area contributed by atoms with Crippen LogP contribution in [0.2, 0.25) is 0 Å². The lowest BCUT2D eigenvalue weighted by Gasteiger charge is -2.36. The van der Waals surface area contributed by atoms with Crippen LogP contribution in [0.15, 0.2) is 52.9 Å². The Hall–Kier alpha value is -2.79. The molecule has 0 spiro atoms. The molecular formula is C24H28N2O3. The van der Waals surface area contributed by atoms with Crippen LogP contribution in [0.25, 0.3) is 11.0 Å². The van der Waals surface area contributed by atoms with Crippen LogP contribution in [0.3, 0.4) is 0 Å². The van der Waals surface area contributed by atoms with Gasteiger partial charge in [0.1, 0.15) is 23.7 Å². The third kappa shape index (κ3) is 4.15. The van der Waals surface area contributed by atoms with Gasteiger partial charge in [0.25, 0.3) is 5.91 Å². The third-order valence-electron chi connectivity index (χ3n) is 5.71. The zero-order valence-corrected chi connectivity index (χ0v) is 17.4. The van der Waals surface area contributed by atoms with Gasteiger partial charge in [0.2, 0.25) is 0 Å². The fraction of sp³-hybridized carbons (Fsp3) is 0.375. The second-order valence-corrected chi connectivity index (χ2v) is 7.98. The molecule has 1 aliphatic rings. The standard InChI is InChI=1S/C24H28N2O3/c1-17-23(24(27)26-13-7-10-19(15-26)25(2)3)21-14-20(11-12-22(21)29-17)28-16-18-8-5-4-6-9-18/h4-6,8-9,11-12,14,19H,7,10,13,15-16H2,1-3H3. The van der Waals surface area contributed by atoms with E-state index in [1.54, 1.807) is 0 Å². The Morgan fingerprint density at radius 3 is 2.76 bits per heavy atom. The van der Waals surface area contributed by atoms with Gasteiger partial charge in [-0.15, -0.1) is 0 Å². The normalized spacial score (nSPS) is 17.1. The predicted octanol–water partition coefficient (Wildman–Crippen LogP) is 4.49. The minimum atomic E-state index is 0.0491. The Bertz CT molecular complexity index is 994. The topological polar surface area (TPSA) is 45.9 Å². The first-order valence-corrected chi connectivity index (χ1v) is 10.2. The Morgan fingerprint density at radius 1 is 1.21 bits per heavy atom. The molecule has 0 N–H and O–H groups in total. The van der Waals surface area contributed by atoms with Crippen molar-refractivity contribution in [2.75, 3.05) is 27.2 Å². The summed E-state index contributed by atoms with van der Waals surface area (Å²) in [4.78, 5) is 17.5. The number of hydrogen-bond acceptors (Lipinski definition) is 4. The lowest BCUT2D eigenvalue weighted by atomic mass is 10.0. The second kappa shape index (κ2) is 8.29. The molecule has 1 unspecified atom stereocenters. The van der Waals surface area contributed by atoms with Crippen molar-refractivity contribution in [2.45, 2.75) is 32.4 Å². The van der Waals surface area contributed by atoms with E-state index in [-0.39, 0.29) is 5.91 Å². The van der Waals surface area contributed by atoms with Gasteiger partial charge >= 0.3 is 0 Å². The number of piperidine rings is 1. The first kappa shape index (κ1) is 19.5. The molecule has 29 heavy (non-hydrogen) atoms. The van der Waals surface area contributed by atoms with Crippen LogP contribution in [0, 0.1) is 6.92 Å². The number of furan rings is 1. The Labute approximate surface area is 171 Å². The molecule has 4 rings (SSSR count). The number of carbonyl (C=O) groups is 1. The summed E-state index contributed by atoms with van der Waals surface area (Å²) >= 11 is 0. The smallest absolute Gasteiger partial charge is 0.258 e. The molecule has 3 aromatic rings. The van der Waals surface area contributed by atoms with E-state index in [2.05, 4.69) is 19.0 Å². The molecule has 1 fully saturated rings. The maximum Gasteiger partial charge on any atom is 0.258 e. The third-order valence-corrected chi connectivity index (χ3v) is 5.71. The summed E-state index contributed by atoms with van der Waals surface area (Å²) in [5, 5.41) is 0.824. The molecule has 0 bridgehead atoms. The Balaban J connectivity index is 1.58. The molecule has 0 aliphatic carbocycles. The maximum absolute atomic E-state index is 13.4. The zero-order valence-electron chi connectivity index (χ0n) is 17.4. The van der Waals surface area contributed by atoms with Crippen LogP contribution < -0.4 is 4.74 Å². The van der Waals surface area contributed by atoms with Gasteiger partial charge in [0.05, 0.1) is 5.56 Å². The number of aryl methyl sites for hydroxylation is 1. The number of likely N-dealkylation sites (tertiary alicyclic amines) is 1. The fourth-order valence-corrected chi connectivity index (χ4v) is 4.01. The number of benzene rings is 2. The first-order chi connectivity index (χ1) is 14.0. The highest BCUT2D eigenvalue weighted by molar-refractivity contribution is 6.07. The number of amides is 1. The molecule has 1 saturated heterocycles. The summed E-state index contributed by atoms with van der Waals surface area (Å²) in [6.07, 6.45) is 2.15. The summed E-state index contributed by atoms with van der Waals surface area (Å²) in [5.74, 6) is 1.45. The lowest BCUT2D eigenvalue weighted by Crippen LogP contribution is -2.47. The van der Waals surface area contributed by atoms with Crippen LogP contribution in [0.5, 0.6) is 5.75 Å². The van der Waals surface area contributed by atoms with Crippen molar-refractivity contribution in [3.63, 3.8) is 0 Å². The van der Waals surface area contributed by atoms with E-state index in [1.807, 2.05) is 60.4 Å². The van der Waals surface area contributed by atoms with Crippen LogP contribution in [0.1, 0.15) is 34.5 Å². The van der Waals surface area contributed by atoms with E-state index >= 15 is 0 Å². The van der Waals surface area contributed by atoms with Crippen molar-refractivity contribution < 1.29 is 13.9 Å². The van der Waals surface area contributed by atoms with Crippen molar-refractivity contribution in [1.82, 2.24) is 9.80 Å². The second-order valence-electron chi connectivity index (χ2n) is 7.98. The molecule has 5 heteroatoms. The average molecular weight is 392 g/mol. The van der Waals surface area contributed by atoms with Gasteiger partial charge in [-0.25, -0.2) is 0 Å². The van der Waals surface area contributed by atoms with E-state index in [1.165, 1.54) is 0 Å². The van der Waals surface area contributed by atoms with Gasteiger partial charge in [0, 0.05) is 24.5 Å². The average Bonchev–Trinajstić information content (AvgIpc) is 3.07. The molecule has 152 valence electrons. The molecule has 1 amide bonds. The van der Waals surface area contributed by atoms with Crippen molar-refractivity contribution in [2.24, 2.45) is 0 Å². The SMILES string of the molecule is Cc1oc2ccc(OCc3ccccc3)cc2c1C(=O)N1CCCC(N(C)C)C1. The van der Waals surface area contributed by atoms with Gasteiger partial charge in [-0.2, -0.15) is 0 Å². The van der Waals surface area contributed by atoms with E-state index < -0.39 is 0 Å². The van der Waals surface area contributed by atoms with Crippen LogP contribution >= 0.6 is 0 Å². The molecule has 5 nitrogen and oxygen atoms in total. The van der Waals surface area contributed by atoms with E-state index in [4.69, 9.17) is 9.15 Å². The first-order valence-electron chi connectivity index (χ1n) is 10.2. The zero-order chi connectivity index (χ0) is 20.4. The van der Waals surface area contributed by atoms with E-state index in [9.17, 15) is 4.79 Å². The predicted molar refractivity (Wildman–Crippen MR) is 114 cm³/mol. The largest absolute Gasteiger partial charge is 0.489 e. The van der Waals surface area contributed by atoms with Crippen LogP contribution in [-0.4, -0.2) is 48.9 Å². The van der Waals surface area contributed by atoms with Gasteiger partial charge in [-0.3, -0.25) is 4.79 Å². The highest BCUT2D eigenvalue weighted by Crippen LogP contribution is 2.31. The monoisotopic (exact) mass is 392 g/mol. The summed E-state index contributed by atoms with van der Waals surface area (Å²) in [7, 11) is 4.15. The maximum atomic E-state index is 13.4. The molecule has 1 aliphatic heterocycles. The molecule has 2 aromatic carbocycles. The van der Waals surface area contributed by atoms with E-state index in [0.29, 0.717) is 24.0 Å². The quantitative estimate of drug-likeness (QED) is 0.642. The highest BCUT2D eigenvalue weighted by Gasteiger charge is 2.29. The van der Waals surface area contributed by atoms with Gasteiger partial charge < -0.3 is 19.0 Å². The van der Waals surface area contributed by atoms with E-state index in [0.717, 1.165) is 48.2 Å². The van der Waals surface area contributed by atoms with Crippen LogP contribution in [0.4, 0.5) is 0 Å². The number of carbonyl (C=O) groups excluding carboxylic acids is 1. The molecule has 1 aromatic heterocycles. The van der Waals surface area contributed by atoms with Crippen molar-refractivity contribution in [3.05, 3.63) is 65.4 Å². The molecular weight excluding hydrogens is 364 g/mol. The number of rotatable bonds is 5. The minimum Gasteiger partial charge on any atom is -0.489 e. The summed E-state index contributed by atoms with van der Waals surface area (Å²) in [6, 6.07) is 16.2. The Kier molecular flexibility index (Phi) is 5.58. The summed E-state index contributed by atoms with van der Waals surface area (Å²) in [6.45, 7) is 3.90. The van der Waals surface area contributed by atoms with Crippen molar-refractivity contribution in [1.29, 1.82) is 0 Å². The van der Waals surface area contributed by atoms with Gasteiger partial charge in [-0.1, -0.05) is 30.3 Å². The number of hydrogen-bond donors (Lipinski definition) is 0.